The second kappa shape index (κ2) is 6.59. The summed E-state index contributed by atoms with van der Waals surface area (Å²) in [5, 5.41) is 11.7. The lowest BCUT2D eigenvalue weighted by molar-refractivity contribution is 0.0824. The van der Waals surface area contributed by atoms with Crippen LogP contribution in [-0.2, 0) is 0 Å². The SMILES string of the molecule is COc1cc2nc3c(nc2cc1C(=O)N(C)C)c(C(N)=O)c(O)c1ccccc13. The van der Waals surface area contributed by atoms with Crippen molar-refractivity contribution < 1.29 is 19.4 Å². The first-order valence-electron chi connectivity index (χ1n) is 8.78. The van der Waals surface area contributed by atoms with E-state index in [2.05, 4.69) is 9.97 Å². The van der Waals surface area contributed by atoms with Crippen molar-refractivity contribution in [3.63, 3.8) is 0 Å². The fourth-order valence-corrected chi connectivity index (χ4v) is 3.40. The largest absolute Gasteiger partial charge is 0.506 e. The molecular formula is C21H18N4O4. The maximum Gasteiger partial charge on any atom is 0.257 e. The molecule has 8 heteroatoms. The van der Waals surface area contributed by atoms with E-state index >= 15 is 0 Å². The van der Waals surface area contributed by atoms with Gasteiger partial charge in [-0.3, -0.25) is 9.59 Å². The Morgan fingerprint density at radius 3 is 2.28 bits per heavy atom. The van der Waals surface area contributed by atoms with Gasteiger partial charge in [-0.1, -0.05) is 24.3 Å². The number of primary amides is 1. The number of amides is 2. The highest BCUT2D eigenvalue weighted by Gasteiger charge is 2.22. The van der Waals surface area contributed by atoms with Gasteiger partial charge in [0, 0.05) is 30.9 Å². The van der Waals surface area contributed by atoms with E-state index in [0.717, 1.165) is 0 Å². The molecule has 0 aliphatic carbocycles. The maximum absolute atomic E-state index is 12.5. The number of aromatic hydroxyl groups is 1. The van der Waals surface area contributed by atoms with Gasteiger partial charge in [-0.25, -0.2) is 9.97 Å². The molecule has 0 spiro atoms. The third kappa shape index (κ3) is 2.77. The molecular weight excluding hydrogens is 372 g/mol. The number of ether oxygens (including phenoxy) is 1. The van der Waals surface area contributed by atoms with Gasteiger partial charge in [0.05, 0.1) is 29.2 Å². The van der Waals surface area contributed by atoms with Crippen LogP contribution >= 0.6 is 0 Å². The lowest BCUT2D eigenvalue weighted by atomic mass is 10.0. The third-order valence-corrected chi connectivity index (χ3v) is 4.78. The summed E-state index contributed by atoms with van der Waals surface area (Å²) in [6, 6.07) is 10.2. The Morgan fingerprint density at radius 1 is 1.03 bits per heavy atom. The molecule has 1 heterocycles. The first kappa shape index (κ1) is 18.4. The number of phenols is 1. The molecule has 3 aromatic carbocycles. The zero-order chi connectivity index (χ0) is 20.9. The molecule has 1 aromatic heterocycles. The van der Waals surface area contributed by atoms with Crippen LogP contribution in [0.5, 0.6) is 11.5 Å². The summed E-state index contributed by atoms with van der Waals surface area (Å²) >= 11 is 0. The Bertz CT molecular complexity index is 1330. The zero-order valence-corrected chi connectivity index (χ0v) is 16.1. The van der Waals surface area contributed by atoms with Gasteiger partial charge in [0.15, 0.2) is 0 Å². The van der Waals surface area contributed by atoms with Crippen LogP contribution in [-0.4, -0.2) is 53.0 Å². The number of fused-ring (bicyclic) bond motifs is 4. The minimum Gasteiger partial charge on any atom is -0.506 e. The molecule has 3 N–H and O–H groups in total. The second-order valence-electron chi connectivity index (χ2n) is 6.80. The molecule has 0 fully saturated rings. The van der Waals surface area contributed by atoms with E-state index in [1.807, 2.05) is 0 Å². The van der Waals surface area contributed by atoms with E-state index in [-0.39, 0.29) is 22.7 Å². The molecule has 0 radical (unpaired) electrons. The number of methoxy groups -OCH3 is 1. The summed E-state index contributed by atoms with van der Waals surface area (Å²) in [7, 11) is 4.74. The number of carbonyl (C=O) groups is 2. The summed E-state index contributed by atoms with van der Waals surface area (Å²) in [5.74, 6) is -0.956. The fourth-order valence-electron chi connectivity index (χ4n) is 3.40. The maximum atomic E-state index is 12.5. The van der Waals surface area contributed by atoms with Crippen LogP contribution in [0.1, 0.15) is 20.7 Å². The van der Waals surface area contributed by atoms with Crippen molar-refractivity contribution in [1.82, 2.24) is 14.9 Å². The Morgan fingerprint density at radius 2 is 1.66 bits per heavy atom. The third-order valence-electron chi connectivity index (χ3n) is 4.78. The molecule has 146 valence electrons. The first-order valence-corrected chi connectivity index (χ1v) is 8.78. The molecule has 0 bridgehead atoms. The molecule has 0 aliphatic heterocycles. The molecule has 0 saturated heterocycles. The number of hydrogen-bond acceptors (Lipinski definition) is 6. The highest BCUT2D eigenvalue weighted by molar-refractivity contribution is 6.19. The molecule has 4 rings (SSSR count). The first-order chi connectivity index (χ1) is 13.8. The number of rotatable bonds is 3. The van der Waals surface area contributed by atoms with E-state index < -0.39 is 5.91 Å². The van der Waals surface area contributed by atoms with Crippen LogP contribution in [0.15, 0.2) is 36.4 Å². The topological polar surface area (TPSA) is 119 Å². The van der Waals surface area contributed by atoms with Gasteiger partial charge in [-0.15, -0.1) is 0 Å². The van der Waals surface area contributed by atoms with Crippen LogP contribution in [0.4, 0.5) is 0 Å². The molecule has 0 aliphatic rings. The minimum absolute atomic E-state index is 0.107. The Kier molecular flexibility index (Phi) is 4.19. The molecule has 8 nitrogen and oxygen atoms in total. The number of nitrogens with zero attached hydrogens (tertiary/aromatic N) is 3. The van der Waals surface area contributed by atoms with E-state index in [1.165, 1.54) is 12.0 Å². The van der Waals surface area contributed by atoms with Gasteiger partial charge in [0.25, 0.3) is 11.8 Å². The van der Waals surface area contributed by atoms with Crippen LogP contribution in [0.2, 0.25) is 0 Å². The van der Waals surface area contributed by atoms with Crippen molar-refractivity contribution in [1.29, 1.82) is 0 Å². The molecule has 29 heavy (non-hydrogen) atoms. The second-order valence-corrected chi connectivity index (χ2v) is 6.80. The highest BCUT2D eigenvalue weighted by Crippen LogP contribution is 2.37. The van der Waals surface area contributed by atoms with Gasteiger partial charge < -0.3 is 20.5 Å². The van der Waals surface area contributed by atoms with Crippen LogP contribution in [0.3, 0.4) is 0 Å². The van der Waals surface area contributed by atoms with Crippen LogP contribution in [0, 0.1) is 0 Å². The summed E-state index contributed by atoms with van der Waals surface area (Å²) in [6.07, 6.45) is 0. The van der Waals surface area contributed by atoms with E-state index in [1.54, 1.807) is 50.5 Å². The normalized spacial score (nSPS) is 11.1. The number of benzene rings is 3. The molecule has 0 atom stereocenters. The van der Waals surface area contributed by atoms with Gasteiger partial charge in [-0.2, -0.15) is 0 Å². The fraction of sp³-hybridized carbons (Fsp3) is 0.143. The lowest BCUT2D eigenvalue weighted by Gasteiger charge is -2.15. The van der Waals surface area contributed by atoms with E-state index in [0.29, 0.717) is 38.6 Å². The molecule has 0 saturated carbocycles. The predicted octanol–water partition coefficient (Wildman–Crippen LogP) is 2.45. The number of carbonyl (C=O) groups excluding carboxylic acids is 2. The van der Waals surface area contributed by atoms with Gasteiger partial charge in [0.1, 0.15) is 22.6 Å². The number of nitrogens with two attached hydrogens (primary N) is 1. The Hall–Kier alpha value is -3.94. The van der Waals surface area contributed by atoms with Crippen molar-refractivity contribution in [2.75, 3.05) is 21.2 Å². The summed E-state index contributed by atoms with van der Waals surface area (Å²) < 4.78 is 5.38. The van der Waals surface area contributed by atoms with Crippen molar-refractivity contribution >= 4 is 44.7 Å². The van der Waals surface area contributed by atoms with Crippen molar-refractivity contribution in [3.8, 4) is 11.5 Å². The van der Waals surface area contributed by atoms with E-state index in [9.17, 15) is 14.7 Å². The standard InChI is InChI=1S/C21H18N4O4/c1-25(2)21(28)12-8-13-14(9-15(12)29-3)23-17-10-6-4-5-7-11(10)19(26)16(20(22)27)18(17)24-13/h4-9,26H,1-3H3,(H2,22,27). The minimum atomic E-state index is -0.815. The molecule has 0 unspecified atom stereocenters. The summed E-state index contributed by atoms with van der Waals surface area (Å²) in [4.78, 5) is 35.2. The van der Waals surface area contributed by atoms with Crippen molar-refractivity contribution in [3.05, 3.63) is 47.5 Å². The average Bonchev–Trinajstić information content (AvgIpc) is 2.71. The quantitative estimate of drug-likeness (QED) is 0.410. The van der Waals surface area contributed by atoms with Crippen LogP contribution in [0.25, 0.3) is 32.8 Å². The number of aromatic nitrogens is 2. The van der Waals surface area contributed by atoms with Crippen molar-refractivity contribution in [2.45, 2.75) is 0 Å². The van der Waals surface area contributed by atoms with Crippen LogP contribution < -0.4 is 10.5 Å². The summed E-state index contributed by atoms with van der Waals surface area (Å²) in [6.45, 7) is 0. The van der Waals surface area contributed by atoms with Gasteiger partial charge >= 0.3 is 0 Å². The van der Waals surface area contributed by atoms with Crippen molar-refractivity contribution in [2.24, 2.45) is 5.73 Å². The summed E-state index contributed by atoms with van der Waals surface area (Å²) in [5.41, 5.74) is 7.19. The van der Waals surface area contributed by atoms with E-state index in [4.69, 9.17) is 10.5 Å². The monoisotopic (exact) mass is 390 g/mol. The Labute approximate surface area is 165 Å². The molecule has 4 aromatic rings. The van der Waals surface area contributed by atoms with Gasteiger partial charge in [0.2, 0.25) is 0 Å². The predicted molar refractivity (Wildman–Crippen MR) is 109 cm³/mol. The zero-order valence-electron chi connectivity index (χ0n) is 16.1. The average molecular weight is 390 g/mol. The van der Waals surface area contributed by atoms with Gasteiger partial charge in [-0.05, 0) is 6.07 Å². The molecule has 2 amide bonds. The Balaban J connectivity index is 2.18. The lowest BCUT2D eigenvalue weighted by Crippen LogP contribution is -2.22. The number of hydrogen-bond donors (Lipinski definition) is 2. The highest BCUT2D eigenvalue weighted by atomic mass is 16.5. The smallest absolute Gasteiger partial charge is 0.257 e.